The van der Waals surface area contributed by atoms with Crippen molar-refractivity contribution < 1.29 is 22.5 Å². The van der Waals surface area contributed by atoms with E-state index in [2.05, 4.69) is 14.7 Å². The molecule has 0 bridgehead atoms. The number of carbonyl (C=O) groups is 1. The number of benzene rings is 1. The Morgan fingerprint density at radius 3 is 2.29 bits per heavy atom. The summed E-state index contributed by atoms with van der Waals surface area (Å²) in [4.78, 5) is 14.7. The van der Waals surface area contributed by atoms with Gasteiger partial charge in [-0.15, -0.1) is 0 Å². The predicted molar refractivity (Wildman–Crippen MR) is 66.5 cm³/mol. The molecule has 1 fully saturated rings. The molecule has 8 heteroatoms. The minimum absolute atomic E-state index is 0.157. The van der Waals surface area contributed by atoms with E-state index in [1.165, 1.54) is 0 Å². The van der Waals surface area contributed by atoms with Gasteiger partial charge in [-0.3, -0.25) is 4.79 Å². The van der Waals surface area contributed by atoms with E-state index in [9.17, 15) is 18.0 Å². The molecular formula is C13H8ClF3N2O2. The zero-order chi connectivity index (χ0) is 15.3. The van der Waals surface area contributed by atoms with Crippen molar-refractivity contribution in [1.29, 1.82) is 0 Å². The summed E-state index contributed by atoms with van der Waals surface area (Å²) >= 11 is 5.57. The van der Waals surface area contributed by atoms with Crippen LogP contribution in [0.2, 0.25) is 0 Å². The maximum Gasteiger partial charge on any atom is 0.471 e. The van der Waals surface area contributed by atoms with Gasteiger partial charge in [-0.25, -0.2) is 0 Å². The Morgan fingerprint density at radius 2 is 1.86 bits per heavy atom. The van der Waals surface area contributed by atoms with Crippen molar-refractivity contribution in [1.82, 2.24) is 10.1 Å². The summed E-state index contributed by atoms with van der Waals surface area (Å²) in [6.45, 7) is 0. The van der Waals surface area contributed by atoms with Crippen molar-refractivity contribution in [3.05, 3.63) is 35.7 Å². The first-order chi connectivity index (χ1) is 9.83. The van der Waals surface area contributed by atoms with Gasteiger partial charge in [0.05, 0.1) is 5.41 Å². The molecule has 0 spiro atoms. The van der Waals surface area contributed by atoms with Crippen LogP contribution in [0.3, 0.4) is 0 Å². The predicted octanol–water partition coefficient (Wildman–Crippen LogP) is 3.55. The van der Waals surface area contributed by atoms with Crippen LogP contribution >= 0.6 is 11.6 Å². The molecule has 1 aromatic carbocycles. The average Bonchev–Trinajstić information content (AvgIpc) is 3.08. The van der Waals surface area contributed by atoms with Gasteiger partial charge in [0.1, 0.15) is 0 Å². The minimum Gasteiger partial charge on any atom is -0.329 e. The Hall–Kier alpha value is -1.89. The third kappa shape index (κ3) is 2.42. The van der Waals surface area contributed by atoms with Crippen molar-refractivity contribution in [2.24, 2.45) is 0 Å². The van der Waals surface area contributed by atoms with Gasteiger partial charge in [0.25, 0.3) is 0 Å². The lowest BCUT2D eigenvalue weighted by Gasteiger charge is -2.10. The Morgan fingerprint density at radius 1 is 1.24 bits per heavy atom. The molecule has 0 atom stereocenters. The molecule has 4 nitrogen and oxygen atoms in total. The van der Waals surface area contributed by atoms with Crippen LogP contribution < -0.4 is 0 Å². The Bertz CT molecular complexity index is 690. The third-order valence-electron chi connectivity index (χ3n) is 3.49. The lowest BCUT2D eigenvalue weighted by molar-refractivity contribution is -0.159. The fraction of sp³-hybridized carbons (Fsp3) is 0.308. The zero-order valence-electron chi connectivity index (χ0n) is 10.4. The maximum absolute atomic E-state index is 12.4. The van der Waals surface area contributed by atoms with Crippen LogP contribution in [0.15, 0.2) is 28.8 Å². The molecule has 1 saturated carbocycles. The number of alkyl halides is 3. The number of rotatable bonds is 3. The van der Waals surface area contributed by atoms with Gasteiger partial charge in [-0.05, 0) is 30.0 Å². The zero-order valence-corrected chi connectivity index (χ0v) is 11.2. The molecule has 2 aromatic rings. The minimum atomic E-state index is -4.67. The molecule has 1 aliphatic carbocycles. The van der Waals surface area contributed by atoms with E-state index in [1.54, 1.807) is 24.3 Å². The number of hydrogen-bond donors (Lipinski definition) is 0. The normalized spacial score (nSPS) is 16.8. The van der Waals surface area contributed by atoms with E-state index in [0.29, 0.717) is 18.4 Å². The summed E-state index contributed by atoms with van der Waals surface area (Å²) < 4.78 is 41.3. The smallest absolute Gasteiger partial charge is 0.329 e. The van der Waals surface area contributed by atoms with E-state index in [1.807, 2.05) is 0 Å². The quantitative estimate of drug-likeness (QED) is 0.813. The highest BCUT2D eigenvalue weighted by Gasteiger charge is 2.50. The van der Waals surface area contributed by atoms with Gasteiger partial charge in [0.15, 0.2) is 0 Å². The maximum atomic E-state index is 12.4. The lowest BCUT2D eigenvalue weighted by atomic mass is 9.96. The number of nitrogens with zero attached hydrogens (tertiary/aromatic N) is 2. The number of hydrogen-bond acceptors (Lipinski definition) is 4. The highest BCUT2D eigenvalue weighted by Crippen LogP contribution is 2.50. The highest BCUT2D eigenvalue weighted by atomic mass is 35.5. The number of aromatic nitrogens is 2. The molecule has 0 aliphatic heterocycles. The largest absolute Gasteiger partial charge is 0.471 e. The van der Waals surface area contributed by atoms with Gasteiger partial charge in [0.2, 0.25) is 11.1 Å². The fourth-order valence-corrected chi connectivity index (χ4v) is 2.42. The topological polar surface area (TPSA) is 56.0 Å². The lowest BCUT2D eigenvalue weighted by Crippen LogP contribution is -2.14. The van der Waals surface area contributed by atoms with Gasteiger partial charge >= 0.3 is 12.1 Å². The molecule has 1 heterocycles. The molecule has 21 heavy (non-hydrogen) atoms. The van der Waals surface area contributed by atoms with E-state index in [0.717, 1.165) is 5.56 Å². The third-order valence-corrected chi connectivity index (χ3v) is 3.85. The van der Waals surface area contributed by atoms with Gasteiger partial charge in [-0.1, -0.05) is 29.4 Å². The van der Waals surface area contributed by atoms with Crippen molar-refractivity contribution in [2.45, 2.75) is 24.4 Å². The molecular weight excluding hydrogens is 309 g/mol. The highest BCUT2D eigenvalue weighted by molar-refractivity contribution is 6.66. The second-order valence-electron chi connectivity index (χ2n) is 4.85. The number of halogens is 4. The van der Waals surface area contributed by atoms with E-state index in [-0.39, 0.29) is 5.82 Å². The summed E-state index contributed by atoms with van der Waals surface area (Å²) in [6, 6.07) is 6.37. The van der Waals surface area contributed by atoms with Crippen molar-refractivity contribution >= 4 is 16.8 Å². The van der Waals surface area contributed by atoms with Crippen LogP contribution in [0.5, 0.6) is 0 Å². The molecule has 1 aliphatic rings. The summed E-state index contributed by atoms with van der Waals surface area (Å²) in [5, 5.41) is 2.87. The van der Waals surface area contributed by atoms with Crippen LogP contribution in [0.1, 0.15) is 24.3 Å². The van der Waals surface area contributed by atoms with Gasteiger partial charge in [-0.2, -0.15) is 18.2 Å². The standard InChI is InChI=1S/C13H8ClF3N2O2/c14-10(20)12(5-6-12)8-3-1-7(2-4-8)9-18-11(21-19-9)13(15,16)17/h1-4H,5-6H2. The Labute approximate surface area is 121 Å². The average molecular weight is 317 g/mol. The Balaban J connectivity index is 1.88. The molecule has 0 saturated heterocycles. The Kier molecular flexibility index (Phi) is 3.05. The van der Waals surface area contributed by atoms with E-state index < -0.39 is 22.7 Å². The molecule has 1 aromatic heterocycles. The van der Waals surface area contributed by atoms with Crippen molar-refractivity contribution in [3.8, 4) is 11.4 Å². The first-order valence-electron chi connectivity index (χ1n) is 6.05. The molecule has 0 amide bonds. The van der Waals surface area contributed by atoms with Crippen LogP contribution in [0, 0.1) is 0 Å². The van der Waals surface area contributed by atoms with Gasteiger partial charge in [0, 0.05) is 5.56 Å². The van der Waals surface area contributed by atoms with E-state index in [4.69, 9.17) is 11.6 Å². The second kappa shape index (κ2) is 4.56. The fourth-order valence-electron chi connectivity index (χ4n) is 2.12. The summed E-state index contributed by atoms with van der Waals surface area (Å²) in [5.74, 6) is -1.55. The van der Waals surface area contributed by atoms with Gasteiger partial charge < -0.3 is 4.52 Å². The first-order valence-corrected chi connectivity index (χ1v) is 6.42. The second-order valence-corrected chi connectivity index (χ2v) is 5.20. The van der Waals surface area contributed by atoms with Crippen LogP contribution in [0.25, 0.3) is 11.4 Å². The molecule has 0 unspecified atom stereocenters. The summed E-state index contributed by atoms with van der Waals surface area (Å²) in [6.07, 6.45) is -3.32. The molecule has 3 rings (SSSR count). The molecule has 110 valence electrons. The first kappa shape index (κ1) is 14.1. The SMILES string of the molecule is O=C(Cl)C1(c2ccc(-c3noc(C(F)(F)F)n3)cc2)CC1. The molecule has 0 radical (unpaired) electrons. The van der Waals surface area contributed by atoms with Crippen LogP contribution in [0.4, 0.5) is 13.2 Å². The monoisotopic (exact) mass is 316 g/mol. The van der Waals surface area contributed by atoms with Crippen LogP contribution in [-0.4, -0.2) is 15.4 Å². The van der Waals surface area contributed by atoms with Crippen LogP contribution in [-0.2, 0) is 16.4 Å². The van der Waals surface area contributed by atoms with E-state index >= 15 is 0 Å². The van der Waals surface area contributed by atoms with Crippen molar-refractivity contribution in [3.63, 3.8) is 0 Å². The number of carbonyl (C=O) groups excluding carboxylic acids is 1. The summed E-state index contributed by atoms with van der Waals surface area (Å²) in [7, 11) is 0. The van der Waals surface area contributed by atoms with Crippen molar-refractivity contribution in [2.75, 3.05) is 0 Å². The molecule has 0 N–H and O–H groups in total. The summed E-state index contributed by atoms with van der Waals surface area (Å²) in [5.41, 5.74) is 0.468.